The lowest BCUT2D eigenvalue weighted by Gasteiger charge is -2.51. The van der Waals surface area contributed by atoms with Crippen LogP contribution in [0.25, 0.3) is 0 Å². The Labute approximate surface area is 436 Å². The molecule has 0 aromatic heterocycles. The molecule has 0 radical (unpaired) electrons. The summed E-state index contributed by atoms with van der Waals surface area (Å²) in [6, 6.07) is 38.2. The molecule has 3 aliphatic rings. The molecular formula is C58H77NO15. The van der Waals surface area contributed by atoms with Crippen molar-refractivity contribution < 1.29 is 71.9 Å². The lowest BCUT2D eigenvalue weighted by atomic mass is 9.94. The highest BCUT2D eigenvalue weighted by Gasteiger charge is 2.55. The number of nitrogens with one attached hydrogen (secondary N) is 1. The number of methoxy groups -OCH3 is 1. The van der Waals surface area contributed by atoms with Crippen molar-refractivity contribution >= 4 is 11.9 Å². The van der Waals surface area contributed by atoms with E-state index in [4.69, 9.17) is 52.1 Å². The van der Waals surface area contributed by atoms with Crippen LogP contribution in [0.15, 0.2) is 121 Å². The van der Waals surface area contributed by atoms with Crippen LogP contribution in [0, 0.1) is 0 Å². The summed E-state index contributed by atoms with van der Waals surface area (Å²) in [7, 11) is 1.40. The van der Waals surface area contributed by atoms with Crippen LogP contribution in [0.4, 0.5) is 0 Å². The summed E-state index contributed by atoms with van der Waals surface area (Å²) in [5, 5.41) is 25.5. The molecule has 0 aliphatic carbocycles. The molecule has 4 aromatic carbocycles. The maximum atomic E-state index is 13.4. The predicted octanol–water partition coefficient (Wildman–Crippen LogP) is 7.48. The first-order valence-electron chi connectivity index (χ1n) is 26.2. The number of amides is 1. The van der Waals surface area contributed by atoms with Crippen molar-refractivity contribution in [1.29, 1.82) is 0 Å². The molecule has 74 heavy (non-hydrogen) atoms. The van der Waals surface area contributed by atoms with E-state index in [1.807, 2.05) is 128 Å². The topological polar surface area (TPSA) is 188 Å². The summed E-state index contributed by atoms with van der Waals surface area (Å²) in [4.78, 5) is 25.0. The molecule has 0 spiro atoms. The van der Waals surface area contributed by atoms with Gasteiger partial charge in [-0.25, -0.2) is 0 Å². The van der Waals surface area contributed by atoms with Gasteiger partial charge in [0, 0.05) is 26.4 Å². The molecule has 0 unspecified atom stereocenters. The number of carbonyl (C=O) groups excluding carboxylic acids is 2. The summed E-state index contributed by atoms with van der Waals surface area (Å²) in [5.74, 6) is -0.600. The van der Waals surface area contributed by atoms with Gasteiger partial charge in [0.15, 0.2) is 18.9 Å². The zero-order valence-electron chi connectivity index (χ0n) is 43.2. The number of aliphatic hydroxyl groups is 2. The molecule has 16 heteroatoms. The van der Waals surface area contributed by atoms with Crippen molar-refractivity contribution in [2.45, 2.75) is 185 Å². The second-order valence-corrected chi connectivity index (χ2v) is 19.4. The second kappa shape index (κ2) is 30.2. The molecule has 3 fully saturated rings. The molecule has 7 rings (SSSR count). The van der Waals surface area contributed by atoms with Crippen molar-refractivity contribution in [3.8, 4) is 0 Å². The van der Waals surface area contributed by atoms with E-state index >= 15 is 0 Å². The minimum atomic E-state index is -1.43. The van der Waals surface area contributed by atoms with Crippen molar-refractivity contribution in [1.82, 2.24) is 5.32 Å². The van der Waals surface area contributed by atoms with Crippen LogP contribution in [0.3, 0.4) is 0 Å². The van der Waals surface area contributed by atoms with E-state index in [9.17, 15) is 19.8 Å². The quantitative estimate of drug-likeness (QED) is 0.0375. The van der Waals surface area contributed by atoms with Crippen molar-refractivity contribution in [3.63, 3.8) is 0 Å². The van der Waals surface area contributed by atoms with Crippen molar-refractivity contribution in [2.24, 2.45) is 0 Å². The van der Waals surface area contributed by atoms with E-state index in [1.54, 1.807) is 6.92 Å². The van der Waals surface area contributed by atoms with Crippen LogP contribution < -0.4 is 5.32 Å². The molecule has 404 valence electrons. The number of benzene rings is 4. The number of unbranched alkanes of at least 4 members (excludes halogenated alkanes) is 5. The molecule has 3 heterocycles. The third-order valence-corrected chi connectivity index (χ3v) is 13.5. The highest BCUT2D eigenvalue weighted by molar-refractivity contribution is 5.73. The zero-order valence-corrected chi connectivity index (χ0v) is 43.2. The molecule has 16 nitrogen and oxygen atoms in total. The molecule has 3 saturated heterocycles. The maximum absolute atomic E-state index is 13.4. The number of carbonyl (C=O) groups is 2. The fourth-order valence-electron chi connectivity index (χ4n) is 9.57. The van der Waals surface area contributed by atoms with Crippen LogP contribution in [-0.2, 0) is 88.1 Å². The highest BCUT2D eigenvalue weighted by atomic mass is 16.8. The van der Waals surface area contributed by atoms with Crippen LogP contribution in [0.5, 0.6) is 0 Å². The fraction of sp³-hybridized carbons (Fsp3) is 0.552. The second-order valence-electron chi connectivity index (χ2n) is 19.4. The monoisotopic (exact) mass is 1030 g/mol. The molecule has 3 N–H and O–H groups in total. The lowest BCUT2D eigenvalue weighted by molar-refractivity contribution is -0.374. The van der Waals surface area contributed by atoms with E-state index in [2.05, 4.69) is 5.32 Å². The van der Waals surface area contributed by atoms with E-state index in [1.165, 1.54) is 14.0 Å². The Morgan fingerprint density at radius 2 is 1.08 bits per heavy atom. The SMILES string of the molecule is COC(=O)CCCCCCCCO[C@@H]1O[C@H](COCc2ccccc2)[C@@H](O[C@@H]2O[C@H](C)C[C@H](O)[C@H]2O)[C@H](O[C@@H]2O[C@@H](C)[C@@H](OCc3ccccc3)[C@@H](OCc3ccccc3)[C@@H]2OCc2ccccc2)[C@H]1NC(C)=O. The number of hydrogen-bond donors (Lipinski definition) is 3. The van der Waals surface area contributed by atoms with Gasteiger partial charge in [0.25, 0.3) is 0 Å². The number of esters is 1. The van der Waals surface area contributed by atoms with E-state index in [-0.39, 0.29) is 52.0 Å². The Balaban J connectivity index is 1.23. The van der Waals surface area contributed by atoms with Gasteiger partial charge in [-0.1, -0.05) is 147 Å². The summed E-state index contributed by atoms with van der Waals surface area (Å²) in [6.45, 7) is 6.24. The van der Waals surface area contributed by atoms with Gasteiger partial charge in [0.2, 0.25) is 5.91 Å². The fourth-order valence-corrected chi connectivity index (χ4v) is 9.57. The molecular weight excluding hydrogens is 951 g/mol. The van der Waals surface area contributed by atoms with E-state index in [0.717, 1.165) is 54.4 Å². The molecule has 14 atom stereocenters. The molecule has 4 aromatic rings. The predicted molar refractivity (Wildman–Crippen MR) is 273 cm³/mol. The highest BCUT2D eigenvalue weighted by Crippen LogP contribution is 2.37. The van der Waals surface area contributed by atoms with Crippen molar-refractivity contribution in [2.75, 3.05) is 20.3 Å². The summed E-state index contributed by atoms with van der Waals surface area (Å²) < 4.78 is 72.4. The third-order valence-electron chi connectivity index (χ3n) is 13.5. The minimum absolute atomic E-state index is 0.0351. The molecule has 0 saturated carbocycles. The largest absolute Gasteiger partial charge is 0.469 e. The maximum Gasteiger partial charge on any atom is 0.305 e. The van der Waals surface area contributed by atoms with Gasteiger partial charge in [-0.05, 0) is 48.9 Å². The average molecular weight is 1030 g/mol. The standard InChI is InChI=1S/C58H77NO15/c1-39-33-46(61)50(63)57(70-39)73-52-47(38-65-34-42-23-13-9-14-24-42)72-56(66-32-22-8-6-5-7-21-31-48(62)64-4)49(59-41(3)60)53(52)74-58-55(69-37-45-29-19-12-20-30-45)54(68-36-44-27-17-11-18-28-44)51(40(2)71-58)67-35-43-25-15-10-16-26-43/h9-20,23-30,39-40,46-47,49-58,61,63H,5-8,21-22,31-38H2,1-4H3,(H,59,60)/t39-,40+,46+,47-,49-,50-,51-,52-,53-,54-,55+,56-,57+,58+/m1/s1. The van der Waals surface area contributed by atoms with Crippen LogP contribution in [-0.4, -0.2) is 128 Å². The zero-order chi connectivity index (χ0) is 52.1. The molecule has 3 aliphatic heterocycles. The van der Waals surface area contributed by atoms with Crippen molar-refractivity contribution in [3.05, 3.63) is 144 Å². The van der Waals surface area contributed by atoms with Gasteiger partial charge in [-0.3, -0.25) is 9.59 Å². The lowest BCUT2D eigenvalue weighted by Crippen LogP contribution is -2.69. The normalized spacial score (nSPS) is 29.1. The first-order valence-corrected chi connectivity index (χ1v) is 26.2. The third kappa shape index (κ3) is 17.4. The Bertz CT molecular complexity index is 2190. The van der Waals surface area contributed by atoms with Gasteiger partial charge in [-0.2, -0.15) is 0 Å². The van der Waals surface area contributed by atoms with Gasteiger partial charge in [0.05, 0.1) is 58.5 Å². The number of rotatable bonds is 28. The Hall–Kier alpha value is -4.66. The Morgan fingerprint density at radius 1 is 0.568 bits per heavy atom. The first kappa shape index (κ1) is 57.1. The van der Waals surface area contributed by atoms with Gasteiger partial charge in [-0.15, -0.1) is 0 Å². The van der Waals surface area contributed by atoms with E-state index in [0.29, 0.717) is 12.8 Å². The molecule has 0 bridgehead atoms. The Kier molecular flexibility index (Phi) is 23.3. The summed E-state index contributed by atoms with van der Waals surface area (Å²) in [5.41, 5.74) is 3.74. The smallest absolute Gasteiger partial charge is 0.305 e. The van der Waals surface area contributed by atoms with Crippen LogP contribution in [0.1, 0.15) is 94.4 Å². The van der Waals surface area contributed by atoms with E-state index < -0.39 is 91.9 Å². The Morgan fingerprint density at radius 3 is 1.65 bits per heavy atom. The molecule has 1 amide bonds. The number of hydrogen-bond acceptors (Lipinski definition) is 15. The summed E-state index contributed by atoms with van der Waals surface area (Å²) >= 11 is 0. The number of ether oxygens (including phenoxy) is 11. The van der Waals surface area contributed by atoms with Crippen LogP contribution in [0.2, 0.25) is 0 Å². The van der Waals surface area contributed by atoms with Gasteiger partial charge in [0.1, 0.15) is 48.8 Å². The minimum Gasteiger partial charge on any atom is -0.469 e. The van der Waals surface area contributed by atoms with Crippen LogP contribution >= 0.6 is 0 Å². The average Bonchev–Trinajstić information content (AvgIpc) is 3.40. The number of aliphatic hydroxyl groups excluding tert-OH is 2. The van der Waals surface area contributed by atoms with Gasteiger partial charge < -0.3 is 67.6 Å². The first-order chi connectivity index (χ1) is 36.1. The summed E-state index contributed by atoms with van der Waals surface area (Å²) in [6.07, 6.45) is -7.23. The van der Waals surface area contributed by atoms with Gasteiger partial charge >= 0.3 is 5.97 Å².